The lowest BCUT2D eigenvalue weighted by Gasteiger charge is -2.12. The van der Waals surface area contributed by atoms with Gasteiger partial charge < -0.3 is 9.67 Å². The first-order valence-corrected chi connectivity index (χ1v) is 8.93. The summed E-state index contributed by atoms with van der Waals surface area (Å²) < 4.78 is 2.09. The van der Waals surface area contributed by atoms with E-state index in [1.165, 1.54) is 22.9 Å². The first-order chi connectivity index (χ1) is 11.6. The van der Waals surface area contributed by atoms with Crippen molar-refractivity contribution in [3.05, 3.63) is 77.1 Å². The van der Waals surface area contributed by atoms with Crippen LogP contribution in [0.4, 0.5) is 0 Å². The van der Waals surface area contributed by atoms with Crippen molar-refractivity contribution in [2.24, 2.45) is 0 Å². The van der Waals surface area contributed by atoms with Gasteiger partial charge in [-0.1, -0.05) is 71.9 Å². The molecule has 0 saturated carbocycles. The van der Waals surface area contributed by atoms with Gasteiger partial charge in [-0.15, -0.1) is 10.2 Å². The summed E-state index contributed by atoms with van der Waals surface area (Å²) in [5, 5.41) is 19.7. The smallest absolute Gasteiger partial charge is 0.191 e. The molecule has 1 heterocycles. The highest BCUT2D eigenvalue weighted by Gasteiger charge is 2.14. The molecule has 1 unspecified atom stereocenters. The Morgan fingerprint density at radius 3 is 2.42 bits per heavy atom. The molecule has 24 heavy (non-hydrogen) atoms. The largest absolute Gasteiger partial charge is 0.388 e. The van der Waals surface area contributed by atoms with Gasteiger partial charge in [-0.2, -0.15) is 0 Å². The average molecular weight is 339 g/mol. The normalized spacial score (nSPS) is 12.3. The Hall–Kier alpha value is -2.11. The molecule has 0 saturated heterocycles. The molecule has 124 valence electrons. The molecule has 0 bridgehead atoms. The molecule has 4 nitrogen and oxygen atoms in total. The Bertz CT molecular complexity index is 784. The number of aromatic nitrogens is 3. The molecule has 1 aromatic heterocycles. The number of aliphatic hydroxyl groups excluding tert-OH is 1. The molecular weight excluding hydrogens is 318 g/mol. The summed E-state index contributed by atoms with van der Waals surface area (Å²) in [5.41, 5.74) is 3.33. The van der Waals surface area contributed by atoms with Gasteiger partial charge in [0.25, 0.3) is 0 Å². The van der Waals surface area contributed by atoms with Crippen molar-refractivity contribution >= 4 is 11.8 Å². The van der Waals surface area contributed by atoms with Gasteiger partial charge >= 0.3 is 0 Å². The minimum Gasteiger partial charge on any atom is -0.388 e. The predicted molar refractivity (Wildman–Crippen MR) is 97.2 cm³/mol. The van der Waals surface area contributed by atoms with Crippen LogP contribution in [0.15, 0.2) is 59.8 Å². The molecule has 1 N–H and O–H groups in total. The van der Waals surface area contributed by atoms with Gasteiger partial charge in [-0.05, 0) is 25.0 Å². The molecule has 0 spiro atoms. The van der Waals surface area contributed by atoms with Crippen LogP contribution >= 0.6 is 11.8 Å². The minimum absolute atomic E-state index is 0.516. The van der Waals surface area contributed by atoms with E-state index in [1.807, 2.05) is 56.3 Å². The number of rotatable bonds is 6. The molecular formula is C19H21N3OS. The van der Waals surface area contributed by atoms with Crippen molar-refractivity contribution in [2.45, 2.75) is 31.7 Å². The molecule has 0 aliphatic heterocycles. The van der Waals surface area contributed by atoms with Crippen LogP contribution in [0.5, 0.6) is 0 Å². The van der Waals surface area contributed by atoms with E-state index in [0.717, 1.165) is 23.1 Å². The fourth-order valence-corrected chi connectivity index (χ4v) is 3.41. The molecule has 0 fully saturated rings. The maximum Gasteiger partial charge on any atom is 0.191 e. The number of thioether (sulfide) groups is 1. The molecule has 0 aliphatic rings. The molecule has 0 aliphatic carbocycles. The Labute approximate surface area is 146 Å². The third-order valence-electron chi connectivity index (χ3n) is 3.92. The van der Waals surface area contributed by atoms with Gasteiger partial charge in [-0.3, -0.25) is 0 Å². The van der Waals surface area contributed by atoms with Crippen molar-refractivity contribution in [2.75, 3.05) is 5.75 Å². The summed E-state index contributed by atoms with van der Waals surface area (Å²) in [6.07, 6.45) is -0.516. The van der Waals surface area contributed by atoms with Crippen LogP contribution < -0.4 is 0 Å². The number of benzene rings is 2. The average Bonchev–Trinajstić information content (AvgIpc) is 2.94. The van der Waals surface area contributed by atoms with Crippen LogP contribution in [0.2, 0.25) is 0 Å². The number of aryl methyl sites for hydroxylation is 2. The summed E-state index contributed by atoms with van der Waals surface area (Å²) in [6.45, 7) is 4.73. The zero-order valence-corrected chi connectivity index (χ0v) is 14.7. The van der Waals surface area contributed by atoms with Crippen LogP contribution in [0.1, 0.15) is 28.6 Å². The standard InChI is InChI=1S/C19H21N3OS/c1-14-8-10-17(11-9-14)18(23)13-24-19-21-20-15(2)22(19)12-16-6-4-3-5-7-16/h3-11,18,23H,12-13H2,1-2H3. The van der Waals surface area contributed by atoms with Crippen molar-refractivity contribution < 1.29 is 5.11 Å². The van der Waals surface area contributed by atoms with E-state index in [1.54, 1.807) is 0 Å². The van der Waals surface area contributed by atoms with Gasteiger partial charge in [0.05, 0.1) is 12.6 Å². The highest BCUT2D eigenvalue weighted by Crippen LogP contribution is 2.25. The van der Waals surface area contributed by atoms with Crippen molar-refractivity contribution in [1.29, 1.82) is 0 Å². The second-order valence-electron chi connectivity index (χ2n) is 5.84. The van der Waals surface area contributed by atoms with Gasteiger partial charge in [0.2, 0.25) is 0 Å². The zero-order valence-electron chi connectivity index (χ0n) is 13.9. The summed E-state index contributed by atoms with van der Waals surface area (Å²) in [6, 6.07) is 18.2. The topological polar surface area (TPSA) is 50.9 Å². The predicted octanol–water partition coefficient (Wildman–Crippen LogP) is 3.77. The highest BCUT2D eigenvalue weighted by atomic mass is 32.2. The van der Waals surface area contributed by atoms with Gasteiger partial charge in [0, 0.05) is 5.75 Å². The van der Waals surface area contributed by atoms with Crippen LogP contribution in [-0.4, -0.2) is 25.6 Å². The lowest BCUT2D eigenvalue weighted by atomic mass is 10.1. The summed E-state index contributed by atoms with van der Waals surface area (Å²) in [4.78, 5) is 0. The first-order valence-electron chi connectivity index (χ1n) is 7.94. The van der Waals surface area contributed by atoms with E-state index in [0.29, 0.717) is 5.75 Å². The summed E-state index contributed by atoms with van der Waals surface area (Å²) in [5.74, 6) is 1.43. The molecule has 2 aromatic carbocycles. The first kappa shape index (κ1) is 16.7. The second kappa shape index (κ2) is 7.64. The van der Waals surface area contributed by atoms with Crippen LogP contribution in [0.3, 0.4) is 0 Å². The molecule has 0 amide bonds. The van der Waals surface area contributed by atoms with Crippen molar-refractivity contribution in [3.8, 4) is 0 Å². The van der Waals surface area contributed by atoms with E-state index in [2.05, 4.69) is 26.9 Å². The maximum atomic E-state index is 10.4. The molecule has 0 radical (unpaired) electrons. The number of hydrogen-bond donors (Lipinski definition) is 1. The quantitative estimate of drug-likeness (QED) is 0.695. The van der Waals surface area contributed by atoms with E-state index in [-0.39, 0.29) is 0 Å². The SMILES string of the molecule is Cc1ccc(C(O)CSc2nnc(C)n2Cc2ccccc2)cc1. The van der Waals surface area contributed by atoms with Gasteiger partial charge in [0.1, 0.15) is 5.82 Å². The zero-order chi connectivity index (χ0) is 16.9. The Morgan fingerprint density at radius 2 is 1.71 bits per heavy atom. The molecule has 3 rings (SSSR count). The minimum atomic E-state index is -0.516. The van der Waals surface area contributed by atoms with E-state index >= 15 is 0 Å². The number of hydrogen-bond acceptors (Lipinski definition) is 4. The summed E-state index contributed by atoms with van der Waals surface area (Å²) in [7, 11) is 0. The van der Waals surface area contributed by atoms with E-state index in [9.17, 15) is 5.11 Å². The number of nitrogens with zero attached hydrogens (tertiary/aromatic N) is 3. The van der Waals surface area contributed by atoms with Crippen LogP contribution in [-0.2, 0) is 6.54 Å². The molecule has 1 atom stereocenters. The third kappa shape index (κ3) is 4.04. The molecule has 5 heteroatoms. The number of aliphatic hydroxyl groups is 1. The lowest BCUT2D eigenvalue weighted by Crippen LogP contribution is -2.06. The van der Waals surface area contributed by atoms with E-state index in [4.69, 9.17) is 0 Å². The highest BCUT2D eigenvalue weighted by molar-refractivity contribution is 7.99. The van der Waals surface area contributed by atoms with Crippen molar-refractivity contribution in [3.63, 3.8) is 0 Å². The Morgan fingerprint density at radius 1 is 1.00 bits per heavy atom. The Balaban J connectivity index is 1.68. The fourth-order valence-electron chi connectivity index (χ4n) is 2.45. The van der Waals surface area contributed by atoms with Crippen LogP contribution in [0, 0.1) is 13.8 Å². The van der Waals surface area contributed by atoms with Crippen molar-refractivity contribution in [1.82, 2.24) is 14.8 Å². The summed E-state index contributed by atoms with van der Waals surface area (Å²) >= 11 is 1.53. The Kier molecular flexibility index (Phi) is 5.33. The van der Waals surface area contributed by atoms with Gasteiger partial charge in [0.15, 0.2) is 5.16 Å². The fraction of sp³-hybridized carbons (Fsp3) is 0.263. The third-order valence-corrected chi connectivity index (χ3v) is 4.96. The van der Waals surface area contributed by atoms with Gasteiger partial charge in [-0.25, -0.2) is 0 Å². The lowest BCUT2D eigenvalue weighted by molar-refractivity contribution is 0.204. The monoisotopic (exact) mass is 339 g/mol. The van der Waals surface area contributed by atoms with Crippen LogP contribution in [0.25, 0.3) is 0 Å². The molecule has 3 aromatic rings. The second-order valence-corrected chi connectivity index (χ2v) is 6.83. The maximum absolute atomic E-state index is 10.4. The van der Waals surface area contributed by atoms with E-state index < -0.39 is 6.10 Å².